The SMILES string of the molecule is CC(C)N(CCCc1cc(N2C(=O)C3=C(CCCC3)C2=O)c(F)cc1Cl)C(C)C. The summed E-state index contributed by atoms with van der Waals surface area (Å²) in [5, 5.41) is 0.337. The van der Waals surface area contributed by atoms with Crippen molar-refractivity contribution in [3.05, 3.63) is 39.7 Å². The minimum absolute atomic E-state index is 0.0263. The summed E-state index contributed by atoms with van der Waals surface area (Å²) in [4.78, 5) is 29.0. The Balaban J connectivity index is 1.80. The van der Waals surface area contributed by atoms with Crippen molar-refractivity contribution in [3.8, 4) is 0 Å². The van der Waals surface area contributed by atoms with E-state index in [0.717, 1.165) is 36.3 Å². The maximum absolute atomic E-state index is 14.7. The van der Waals surface area contributed by atoms with Crippen LogP contribution in [0.3, 0.4) is 0 Å². The second-order valence-corrected chi connectivity index (χ2v) is 8.94. The Morgan fingerprint density at radius 1 is 1.03 bits per heavy atom. The normalized spacial score (nSPS) is 17.3. The molecule has 0 N–H and O–H groups in total. The predicted octanol–water partition coefficient (Wildman–Crippen LogP) is 5.27. The summed E-state index contributed by atoms with van der Waals surface area (Å²) in [6.07, 6.45) is 4.49. The average Bonchev–Trinajstić information content (AvgIpc) is 2.91. The van der Waals surface area contributed by atoms with E-state index in [-0.39, 0.29) is 17.5 Å². The number of hydrogen-bond acceptors (Lipinski definition) is 3. The lowest BCUT2D eigenvalue weighted by Crippen LogP contribution is -2.37. The number of carbonyl (C=O) groups excluding carboxylic acids is 2. The molecule has 6 heteroatoms. The monoisotopic (exact) mass is 420 g/mol. The molecule has 0 spiro atoms. The third kappa shape index (κ3) is 4.41. The first-order chi connectivity index (χ1) is 13.7. The van der Waals surface area contributed by atoms with Gasteiger partial charge in [0.25, 0.3) is 11.8 Å². The molecule has 1 aromatic rings. The summed E-state index contributed by atoms with van der Waals surface area (Å²) in [7, 11) is 0. The Labute approximate surface area is 177 Å². The number of carbonyl (C=O) groups is 2. The van der Waals surface area contributed by atoms with Crippen molar-refractivity contribution < 1.29 is 14.0 Å². The van der Waals surface area contributed by atoms with Crippen LogP contribution in [-0.2, 0) is 16.0 Å². The van der Waals surface area contributed by atoms with Crippen LogP contribution in [0.4, 0.5) is 10.1 Å². The third-order valence-corrected chi connectivity index (χ3v) is 6.29. The van der Waals surface area contributed by atoms with E-state index in [9.17, 15) is 14.0 Å². The highest BCUT2D eigenvalue weighted by molar-refractivity contribution is 6.34. The van der Waals surface area contributed by atoms with Crippen LogP contribution >= 0.6 is 11.6 Å². The largest absolute Gasteiger partial charge is 0.299 e. The first kappa shape index (κ1) is 22.0. The molecule has 0 aromatic heterocycles. The minimum atomic E-state index is -0.633. The van der Waals surface area contributed by atoms with E-state index < -0.39 is 5.82 Å². The fraction of sp³-hybridized carbons (Fsp3) is 0.565. The molecule has 2 amide bonds. The van der Waals surface area contributed by atoms with Gasteiger partial charge < -0.3 is 0 Å². The Morgan fingerprint density at radius 3 is 2.10 bits per heavy atom. The number of imide groups is 1. The van der Waals surface area contributed by atoms with Crippen molar-refractivity contribution in [1.82, 2.24) is 4.90 Å². The minimum Gasteiger partial charge on any atom is -0.299 e. The number of amides is 2. The molecule has 158 valence electrons. The molecule has 1 aliphatic carbocycles. The van der Waals surface area contributed by atoms with Gasteiger partial charge in [0.15, 0.2) is 0 Å². The second kappa shape index (κ2) is 8.97. The Bertz CT molecular complexity index is 812. The maximum Gasteiger partial charge on any atom is 0.261 e. The molecule has 2 aliphatic rings. The molecular formula is C23H30ClFN2O2. The van der Waals surface area contributed by atoms with Crippen LogP contribution in [0.15, 0.2) is 23.3 Å². The maximum atomic E-state index is 14.7. The lowest BCUT2D eigenvalue weighted by atomic mass is 9.93. The van der Waals surface area contributed by atoms with Gasteiger partial charge in [0, 0.05) is 28.3 Å². The zero-order valence-corrected chi connectivity index (χ0v) is 18.5. The summed E-state index contributed by atoms with van der Waals surface area (Å²) in [5.74, 6) is -1.38. The highest BCUT2D eigenvalue weighted by Crippen LogP contribution is 2.38. The summed E-state index contributed by atoms with van der Waals surface area (Å²) in [6, 6.07) is 3.69. The van der Waals surface area contributed by atoms with Gasteiger partial charge in [-0.05, 0) is 90.5 Å². The van der Waals surface area contributed by atoms with Crippen LogP contribution in [0, 0.1) is 5.82 Å². The molecule has 1 aromatic carbocycles. The van der Waals surface area contributed by atoms with Crippen LogP contribution in [0.25, 0.3) is 0 Å². The van der Waals surface area contributed by atoms with E-state index in [1.165, 1.54) is 6.07 Å². The second-order valence-electron chi connectivity index (χ2n) is 8.53. The highest BCUT2D eigenvalue weighted by atomic mass is 35.5. The van der Waals surface area contributed by atoms with E-state index in [2.05, 4.69) is 32.6 Å². The van der Waals surface area contributed by atoms with Crippen molar-refractivity contribution in [2.45, 2.75) is 78.3 Å². The molecule has 0 saturated heterocycles. The summed E-state index contributed by atoms with van der Waals surface area (Å²) in [5.41, 5.74) is 1.91. The van der Waals surface area contributed by atoms with E-state index in [4.69, 9.17) is 11.6 Å². The van der Waals surface area contributed by atoms with Crippen LogP contribution in [0.2, 0.25) is 5.02 Å². The number of hydrogen-bond donors (Lipinski definition) is 0. The Hall–Kier alpha value is -1.72. The third-order valence-electron chi connectivity index (χ3n) is 5.94. The van der Waals surface area contributed by atoms with Crippen molar-refractivity contribution in [2.24, 2.45) is 0 Å². The molecule has 0 saturated carbocycles. The lowest BCUT2D eigenvalue weighted by Gasteiger charge is -2.30. The van der Waals surface area contributed by atoms with Crippen molar-refractivity contribution in [2.75, 3.05) is 11.4 Å². The standard InChI is InChI=1S/C23H30ClFN2O2/c1-14(2)26(15(3)4)11-7-8-16-12-21(20(25)13-19(16)24)27-22(28)17-9-5-6-10-18(17)23(27)29/h12-15H,5-11H2,1-4H3. The number of rotatable bonds is 7. The lowest BCUT2D eigenvalue weighted by molar-refractivity contribution is -0.120. The fourth-order valence-electron chi connectivity index (χ4n) is 4.47. The van der Waals surface area contributed by atoms with Gasteiger partial charge in [-0.25, -0.2) is 9.29 Å². The van der Waals surface area contributed by atoms with E-state index in [0.29, 0.717) is 47.5 Å². The average molecular weight is 421 g/mol. The molecule has 0 atom stereocenters. The number of halogens is 2. The van der Waals surface area contributed by atoms with Gasteiger partial charge in [-0.3, -0.25) is 14.5 Å². The Kier molecular flexibility index (Phi) is 6.79. The number of anilines is 1. The molecule has 0 unspecified atom stereocenters. The first-order valence-electron chi connectivity index (χ1n) is 10.6. The van der Waals surface area contributed by atoms with Crippen LogP contribution in [-0.4, -0.2) is 35.3 Å². The number of aryl methyl sites for hydroxylation is 1. The van der Waals surface area contributed by atoms with Crippen molar-refractivity contribution in [1.29, 1.82) is 0 Å². The summed E-state index contributed by atoms with van der Waals surface area (Å²) >= 11 is 6.29. The molecule has 1 heterocycles. The zero-order chi connectivity index (χ0) is 21.3. The van der Waals surface area contributed by atoms with E-state index >= 15 is 0 Å². The van der Waals surface area contributed by atoms with Gasteiger partial charge in [0.2, 0.25) is 0 Å². The molecule has 4 nitrogen and oxygen atoms in total. The number of nitrogens with zero attached hydrogens (tertiary/aromatic N) is 2. The molecule has 0 fully saturated rings. The topological polar surface area (TPSA) is 40.6 Å². The molecule has 1 aliphatic heterocycles. The van der Waals surface area contributed by atoms with Gasteiger partial charge in [-0.1, -0.05) is 11.6 Å². The quantitative estimate of drug-likeness (QED) is 0.564. The predicted molar refractivity (Wildman–Crippen MR) is 115 cm³/mol. The molecule has 0 bridgehead atoms. The van der Waals surface area contributed by atoms with Gasteiger partial charge >= 0.3 is 0 Å². The van der Waals surface area contributed by atoms with Crippen molar-refractivity contribution >= 4 is 29.1 Å². The molecule has 3 rings (SSSR count). The van der Waals surface area contributed by atoms with Gasteiger partial charge in [0.05, 0.1) is 5.69 Å². The van der Waals surface area contributed by atoms with Crippen LogP contribution in [0.1, 0.15) is 65.4 Å². The van der Waals surface area contributed by atoms with Gasteiger partial charge in [-0.2, -0.15) is 0 Å². The molecular weight excluding hydrogens is 391 g/mol. The van der Waals surface area contributed by atoms with Crippen LogP contribution in [0.5, 0.6) is 0 Å². The molecule has 0 radical (unpaired) electrons. The Morgan fingerprint density at radius 2 is 1.59 bits per heavy atom. The molecule has 29 heavy (non-hydrogen) atoms. The van der Waals surface area contributed by atoms with Gasteiger partial charge in [0.1, 0.15) is 5.82 Å². The van der Waals surface area contributed by atoms with E-state index in [1.54, 1.807) is 6.07 Å². The van der Waals surface area contributed by atoms with Crippen molar-refractivity contribution in [3.63, 3.8) is 0 Å². The first-order valence-corrected chi connectivity index (χ1v) is 10.9. The number of benzene rings is 1. The summed E-state index contributed by atoms with van der Waals surface area (Å²) < 4.78 is 14.7. The van der Waals surface area contributed by atoms with E-state index in [1.807, 2.05) is 0 Å². The summed E-state index contributed by atoms with van der Waals surface area (Å²) in [6.45, 7) is 9.57. The fourth-order valence-corrected chi connectivity index (χ4v) is 4.71. The van der Waals surface area contributed by atoms with Gasteiger partial charge in [-0.15, -0.1) is 0 Å². The van der Waals surface area contributed by atoms with Crippen LogP contribution < -0.4 is 4.90 Å². The highest BCUT2D eigenvalue weighted by Gasteiger charge is 2.40. The zero-order valence-electron chi connectivity index (χ0n) is 17.7. The smallest absolute Gasteiger partial charge is 0.261 e.